The Labute approximate surface area is 110 Å². The highest BCUT2D eigenvalue weighted by atomic mass is 15.3. The highest BCUT2D eigenvalue weighted by molar-refractivity contribution is 5.12. The van der Waals surface area contributed by atoms with E-state index < -0.39 is 0 Å². The van der Waals surface area contributed by atoms with Gasteiger partial charge in [-0.1, -0.05) is 12.8 Å². The lowest BCUT2D eigenvalue weighted by Gasteiger charge is -2.28. The lowest BCUT2D eigenvalue weighted by molar-refractivity contribution is 0.209. The quantitative estimate of drug-likeness (QED) is 0.892. The molecule has 4 heteroatoms. The zero-order valence-corrected chi connectivity index (χ0v) is 11.7. The second-order valence-electron chi connectivity index (χ2n) is 5.55. The molecule has 1 atom stereocenters. The molecule has 1 aromatic heterocycles. The van der Waals surface area contributed by atoms with Crippen molar-refractivity contribution >= 4 is 0 Å². The standard InChI is InChI=1S/C14H26N4/c1-12(2)18-11-13(10-16-18)14(9-15)17-7-5-3-4-6-8-17/h10-12,14H,3-9,15H2,1-2H3. The van der Waals surface area contributed by atoms with E-state index in [2.05, 4.69) is 30.0 Å². The van der Waals surface area contributed by atoms with Crippen molar-refractivity contribution in [3.05, 3.63) is 18.0 Å². The molecule has 1 fully saturated rings. The first-order valence-corrected chi connectivity index (χ1v) is 7.20. The lowest BCUT2D eigenvalue weighted by Crippen LogP contribution is -2.34. The van der Waals surface area contributed by atoms with Crippen LogP contribution in [0.4, 0.5) is 0 Å². The summed E-state index contributed by atoms with van der Waals surface area (Å²) in [5.74, 6) is 0. The van der Waals surface area contributed by atoms with E-state index in [1.54, 1.807) is 0 Å². The summed E-state index contributed by atoms with van der Waals surface area (Å²) in [6.07, 6.45) is 9.47. The molecule has 4 nitrogen and oxygen atoms in total. The van der Waals surface area contributed by atoms with E-state index in [-0.39, 0.29) is 0 Å². The van der Waals surface area contributed by atoms with E-state index in [9.17, 15) is 0 Å². The molecule has 1 aliphatic heterocycles. The topological polar surface area (TPSA) is 47.1 Å². The Morgan fingerprint density at radius 2 is 1.89 bits per heavy atom. The van der Waals surface area contributed by atoms with Crippen molar-refractivity contribution in [2.24, 2.45) is 5.73 Å². The predicted octanol–water partition coefficient (Wildman–Crippen LogP) is 2.34. The number of nitrogens with zero attached hydrogens (tertiary/aromatic N) is 3. The molecule has 0 aromatic carbocycles. The van der Waals surface area contributed by atoms with E-state index in [0.29, 0.717) is 18.6 Å². The average Bonchev–Trinajstić information content (AvgIpc) is 2.68. The third-order valence-electron chi connectivity index (χ3n) is 3.84. The molecule has 1 aliphatic rings. The first-order chi connectivity index (χ1) is 8.72. The largest absolute Gasteiger partial charge is 0.329 e. The summed E-state index contributed by atoms with van der Waals surface area (Å²) in [5.41, 5.74) is 7.26. The van der Waals surface area contributed by atoms with Crippen LogP contribution >= 0.6 is 0 Å². The van der Waals surface area contributed by atoms with E-state index in [1.165, 1.54) is 44.3 Å². The maximum absolute atomic E-state index is 5.99. The Bertz CT molecular complexity index is 350. The van der Waals surface area contributed by atoms with Gasteiger partial charge >= 0.3 is 0 Å². The van der Waals surface area contributed by atoms with Crippen LogP contribution in [0.5, 0.6) is 0 Å². The second kappa shape index (κ2) is 6.34. The van der Waals surface area contributed by atoms with Crippen molar-refractivity contribution < 1.29 is 0 Å². The van der Waals surface area contributed by atoms with Gasteiger partial charge in [-0.05, 0) is 39.8 Å². The summed E-state index contributed by atoms with van der Waals surface area (Å²) in [6.45, 7) is 7.34. The number of hydrogen-bond donors (Lipinski definition) is 1. The fourth-order valence-corrected chi connectivity index (χ4v) is 2.71. The zero-order chi connectivity index (χ0) is 13.0. The van der Waals surface area contributed by atoms with Gasteiger partial charge in [-0.3, -0.25) is 9.58 Å². The molecule has 2 heterocycles. The molecule has 102 valence electrons. The number of rotatable bonds is 4. The molecule has 0 spiro atoms. The highest BCUT2D eigenvalue weighted by Crippen LogP contribution is 2.23. The minimum atomic E-state index is 0.343. The molecular formula is C14H26N4. The summed E-state index contributed by atoms with van der Waals surface area (Å²) < 4.78 is 2.02. The molecule has 0 amide bonds. The van der Waals surface area contributed by atoms with Crippen LogP contribution in [-0.2, 0) is 0 Å². The Hall–Kier alpha value is -0.870. The van der Waals surface area contributed by atoms with Crippen molar-refractivity contribution in [1.82, 2.24) is 14.7 Å². The maximum Gasteiger partial charge on any atom is 0.0538 e. The second-order valence-corrected chi connectivity index (χ2v) is 5.55. The molecule has 1 unspecified atom stereocenters. The fourth-order valence-electron chi connectivity index (χ4n) is 2.71. The predicted molar refractivity (Wildman–Crippen MR) is 74.4 cm³/mol. The van der Waals surface area contributed by atoms with Gasteiger partial charge in [0, 0.05) is 24.3 Å². The summed E-state index contributed by atoms with van der Waals surface area (Å²) in [7, 11) is 0. The molecule has 2 rings (SSSR count). The monoisotopic (exact) mass is 250 g/mol. The Morgan fingerprint density at radius 3 is 2.39 bits per heavy atom. The average molecular weight is 250 g/mol. The van der Waals surface area contributed by atoms with Gasteiger partial charge in [0.2, 0.25) is 0 Å². The van der Waals surface area contributed by atoms with Crippen molar-refractivity contribution in [1.29, 1.82) is 0 Å². The van der Waals surface area contributed by atoms with Crippen LogP contribution in [0.2, 0.25) is 0 Å². The van der Waals surface area contributed by atoms with Gasteiger partial charge in [-0.25, -0.2) is 0 Å². The van der Waals surface area contributed by atoms with E-state index in [1.807, 2.05) is 10.9 Å². The zero-order valence-electron chi connectivity index (χ0n) is 11.7. The van der Waals surface area contributed by atoms with Crippen molar-refractivity contribution in [3.8, 4) is 0 Å². The van der Waals surface area contributed by atoms with Gasteiger partial charge in [0.1, 0.15) is 0 Å². The first-order valence-electron chi connectivity index (χ1n) is 7.20. The van der Waals surface area contributed by atoms with E-state index >= 15 is 0 Å². The number of hydrogen-bond acceptors (Lipinski definition) is 3. The van der Waals surface area contributed by atoms with Crippen LogP contribution in [0, 0.1) is 0 Å². The van der Waals surface area contributed by atoms with Crippen molar-refractivity contribution in [2.75, 3.05) is 19.6 Å². The smallest absolute Gasteiger partial charge is 0.0538 e. The molecule has 2 N–H and O–H groups in total. The van der Waals surface area contributed by atoms with Crippen molar-refractivity contribution in [3.63, 3.8) is 0 Å². The number of nitrogens with two attached hydrogens (primary N) is 1. The summed E-state index contributed by atoms with van der Waals surface area (Å²) in [5, 5.41) is 4.44. The minimum Gasteiger partial charge on any atom is -0.329 e. The Balaban J connectivity index is 2.10. The first kappa shape index (κ1) is 13.6. The molecule has 18 heavy (non-hydrogen) atoms. The molecule has 1 saturated heterocycles. The minimum absolute atomic E-state index is 0.343. The van der Waals surface area contributed by atoms with Crippen LogP contribution in [0.3, 0.4) is 0 Å². The molecule has 0 bridgehead atoms. The SMILES string of the molecule is CC(C)n1cc(C(CN)N2CCCCCC2)cn1. The van der Waals surface area contributed by atoms with Crippen LogP contribution < -0.4 is 5.73 Å². The molecule has 1 aromatic rings. The van der Waals surface area contributed by atoms with E-state index in [4.69, 9.17) is 5.73 Å². The third-order valence-corrected chi connectivity index (χ3v) is 3.84. The van der Waals surface area contributed by atoms with Gasteiger partial charge < -0.3 is 5.73 Å². The Kier molecular flexibility index (Phi) is 4.78. The number of likely N-dealkylation sites (tertiary alicyclic amines) is 1. The maximum atomic E-state index is 5.99. The van der Waals surface area contributed by atoms with Gasteiger partial charge in [0.05, 0.1) is 12.2 Å². The molecule has 0 aliphatic carbocycles. The lowest BCUT2D eigenvalue weighted by atomic mass is 10.1. The number of aromatic nitrogens is 2. The van der Waals surface area contributed by atoms with Crippen LogP contribution in [-0.4, -0.2) is 34.3 Å². The molecular weight excluding hydrogens is 224 g/mol. The van der Waals surface area contributed by atoms with Gasteiger partial charge in [-0.2, -0.15) is 5.10 Å². The van der Waals surface area contributed by atoms with Crippen molar-refractivity contribution in [2.45, 2.75) is 51.6 Å². The van der Waals surface area contributed by atoms with Crippen LogP contribution in [0.15, 0.2) is 12.4 Å². The van der Waals surface area contributed by atoms with E-state index in [0.717, 1.165) is 0 Å². The summed E-state index contributed by atoms with van der Waals surface area (Å²) in [4.78, 5) is 2.54. The van der Waals surface area contributed by atoms with Gasteiger partial charge in [0.25, 0.3) is 0 Å². The highest BCUT2D eigenvalue weighted by Gasteiger charge is 2.21. The van der Waals surface area contributed by atoms with Gasteiger partial charge in [0.15, 0.2) is 0 Å². The van der Waals surface area contributed by atoms with Gasteiger partial charge in [-0.15, -0.1) is 0 Å². The summed E-state index contributed by atoms with van der Waals surface area (Å²) >= 11 is 0. The van der Waals surface area contributed by atoms with Crippen LogP contribution in [0.1, 0.15) is 57.2 Å². The van der Waals surface area contributed by atoms with Crippen LogP contribution in [0.25, 0.3) is 0 Å². The Morgan fingerprint density at radius 1 is 1.22 bits per heavy atom. The third kappa shape index (κ3) is 3.12. The summed E-state index contributed by atoms with van der Waals surface area (Å²) in [6, 6.07) is 0.761. The fraction of sp³-hybridized carbons (Fsp3) is 0.786. The molecule has 0 saturated carbocycles. The normalized spacial score (nSPS) is 20.0. The molecule has 0 radical (unpaired) electrons.